The second-order valence-electron chi connectivity index (χ2n) is 12.2. The van der Waals surface area contributed by atoms with Gasteiger partial charge in [-0.2, -0.15) is 23.1 Å². The number of fused-ring (bicyclic) bond motifs is 2. The van der Waals surface area contributed by atoms with Gasteiger partial charge in [0.15, 0.2) is 5.82 Å². The maximum atomic E-state index is 16.5. The number of hydrogen-bond acceptors (Lipinski definition) is 8. The molecule has 3 fully saturated rings. The summed E-state index contributed by atoms with van der Waals surface area (Å²) < 4.78 is 79.5. The predicted octanol–water partition coefficient (Wildman–Crippen LogP) is 5.70. The number of aromatic nitrogens is 3. The van der Waals surface area contributed by atoms with Crippen LogP contribution in [0, 0.1) is 12.7 Å². The number of halogens is 6. The third-order valence-corrected chi connectivity index (χ3v) is 9.10. The molecule has 0 aliphatic carbocycles. The van der Waals surface area contributed by atoms with E-state index in [2.05, 4.69) is 15.0 Å². The van der Waals surface area contributed by atoms with E-state index in [4.69, 9.17) is 22.1 Å². The van der Waals surface area contributed by atoms with Gasteiger partial charge < -0.3 is 20.5 Å². The molecule has 0 bridgehead atoms. The van der Waals surface area contributed by atoms with Crippen molar-refractivity contribution in [3.8, 4) is 17.3 Å². The molecule has 3 atom stereocenters. The molecule has 0 unspecified atom stereocenters. The molecule has 5 heterocycles. The molecule has 0 spiro atoms. The third-order valence-electron chi connectivity index (χ3n) is 8.80. The molecule has 6 rings (SSSR count). The zero-order chi connectivity index (χ0) is 30.9. The third kappa shape index (κ3) is 5.44. The van der Waals surface area contributed by atoms with E-state index in [-0.39, 0.29) is 58.7 Å². The highest BCUT2D eigenvalue weighted by Crippen LogP contribution is 2.45. The van der Waals surface area contributed by atoms with Gasteiger partial charge in [0.25, 0.3) is 0 Å². The smallest absolute Gasteiger partial charge is 0.418 e. The van der Waals surface area contributed by atoms with E-state index in [1.54, 1.807) is 11.8 Å². The molecule has 14 heteroatoms. The van der Waals surface area contributed by atoms with Crippen molar-refractivity contribution in [1.29, 1.82) is 0 Å². The van der Waals surface area contributed by atoms with Crippen LogP contribution in [0.1, 0.15) is 50.2 Å². The van der Waals surface area contributed by atoms with E-state index in [1.165, 1.54) is 13.0 Å². The summed E-state index contributed by atoms with van der Waals surface area (Å²) in [6.07, 6.45) is -2.83. The number of aliphatic hydroxyl groups is 1. The van der Waals surface area contributed by atoms with Gasteiger partial charge in [0.1, 0.15) is 29.9 Å². The van der Waals surface area contributed by atoms with Crippen LogP contribution in [0.3, 0.4) is 0 Å². The normalized spacial score (nSPS) is 26.3. The van der Waals surface area contributed by atoms with Gasteiger partial charge in [0.05, 0.1) is 33.0 Å². The summed E-state index contributed by atoms with van der Waals surface area (Å²) in [6.45, 7) is 4.63. The average Bonchev–Trinajstić information content (AvgIpc) is 3.41. The summed E-state index contributed by atoms with van der Waals surface area (Å²) >= 11 is 6.51. The molecule has 43 heavy (non-hydrogen) atoms. The Labute approximate surface area is 250 Å². The van der Waals surface area contributed by atoms with Crippen molar-refractivity contribution in [1.82, 2.24) is 19.9 Å². The molecular formula is C29H32ClF5N6O2. The molecule has 0 saturated carbocycles. The number of rotatable bonds is 5. The standard InChI is InChI=1S/C29H32ClF5N6O2/c1-15-9-19(36)37-24(21(15)29(33,34)35)20-18(30)10-17-23(22(20)32)38-26(39-25(17)40-7-3-5-27(2,42)13-40)43-14-28-6-4-8-41(28)12-16(31)11-28/h9-10,16,42H,3-8,11-14H2,1-2H3,(H2,36,37)/t16-,27-,28+/m1/s1. The minimum atomic E-state index is -4.88. The maximum Gasteiger partial charge on any atom is 0.418 e. The zero-order valence-electron chi connectivity index (χ0n) is 23.7. The molecule has 2 aromatic heterocycles. The van der Waals surface area contributed by atoms with E-state index in [0.717, 1.165) is 25.5 Å². The summed E-state index contributed by atoms with van der Waals surface area (Å²) in [5.74, 6) is -1.16. The van der Waals surface area contributed by atoms with Crippen LogP contribution in [0.5, 0.6) is 6.01 Å². The summed E-state index contributed by atoms with van der Waals surface area (Å²) in [4.78, 5) is 16.6. The van der Waals surface area contributed by atoms with Gasteiger partial charge in [-0.15, -0.1) is 0 Å². The SMILES string of the molecule is Cc1cc(N)nc(-c2c(Cl)cc3c(N4CCC[C@@](C)(O)C4)nc(OC[C@@]45CCCN4C[C@H](F)C5)nc3c2F)c1C(F)(F)F. The van der Waals surface area contributed by atoms with Crippen molar-refractivity contribution >= 4 is 34.1 Å². The Morgan fingerprint density at radius 3 is 2.63 bits per heavy atom. The molecule has 3 aliphatic heterocycles. The van der Waals surface area contributed by atoms with Gasteiger partial charge in [-0.25, -0.2) is 13.8 Å². The first-order chi connectivity index (χ1) is 20.2. The van der Waals surface area contributed by atoms with Crippen molar-refractivity contribution < 1.29 is 31.8 Å². The Morgan fingerprint density at radius 2 is 1.91 bits per heavy atom. The van der Waals surface area contributed by atoms with Gasteiger partial charge in [0, 0.05) is 31.4 Å². The number of β-amino-alcohol motifs (C(OH)–C–C–N with tert-alkyl or cyclic N) is 1. The first-order valence-electron chi connectivity index (χ1n) is 14.2. The molecule has 0 amide bonds. The average molecular weight is 627 g/mol. The van der Waals surface area contributed by atoms with Gasteiger partial charge in [-0.05, 0) is 63.8 Å². The fourth-order valence-electron chi connectivity index (χ4n) is 6.97. The molecule has 3 N–H and O–H groups in total. The van der Waals surface area contributed by atoms with E-state index in [9.17, 15) is 22.7 Å². The van der Waals surface area contributed by atoms with Crippen molar-refractivity contribution in [2.24, 2.45) is 0 Å². The Kier molecular flexibility index (Phi) is 7.37. The Hall–Kier alpha value is -3.03. The van der Waals surface area contributed by atoms with Crippen LogP contribution >= 0.6 is 11.6 Å². The number of ether oxygens (including phenoxy) is 1. The zero-order valence-corrected chi connectivity index (χ0v) is 24.5. The molecule has 8 nitrogen and oxygen atoms in total. The van der Waals surface area contributed by atoms with E-state index >= 15 is 4.39 Å². The number of pyridine rings is 1. The van der Waals surface area contributed by atoms with Gasteiger partial charge in [-0.3, -0.25) is 4.90 Å². The molecule has 3 saturated heterocycles. The summed E-state index contributed by atoms with van der Waals surface area (Å²) in [5, 5.41) is 10.6. The predicted molar refractivity (Wildman–Crippen MR) is 153 cm³/mol. The minimum Gasteiger partial charge on any atom is -0.461 e. The van der Waals surface area contributed by atoms with Crippen LogP contribution < -0.4 is 15.4 Å². The second-order valence-corrected chi connectivity index (χ2v) is 12.7. The fraction of sp³-hybridized carbons (Fsp3) is 0.552. The Bertz CT molecular complexity index is 1590. The highest BCUT2D eigenvalue weighted by molar-refractivity contribution is 6.34. The quantitative estimate of drug-likeness (QED) is 0.348. The monoisotopic (exact) mass is 626 g/mol. The summed E-state index contributed by atoms with van der Waals surface area (Å²) in [5.41, 5.74) is 1.11. The number of nitrogen functional groups attached to an aromatic ring is 1. The van der Waals surface area contributed by atoms with Crippen LogP contribution in [0.2, 0.25) is 5.02 Å². The first kappa shape index (κ1) is 30.0. The van der Waals surface area contributed by atoms with E-state index in [0.29, 0.717) is 25.9 Å². The Balaban J connectivity index is 1.52. The Morgan fingerprint density at radius 1 is 1.16 bits per heavy atom. The molecule has 1 aromatic carbocycles. The van der Waals surface area contributed by atoms with Crippen LogP contribution in [-0.2, 0) is 6.18 Å². The topological polar surface area (TPSA) is 101 Å². The lowest BCUT2D eigenvalue weighted by atomic mass is 9.94. The highest BCUT2D eigenvalue weighted by atomic mass is 35.5. The minimum absolute atomic E-state index is 0.0618. The van der Waals surface area contributed by atoms with Gasteiger partial charge in [-0.1, -0.05) is 11.6 Å². The lowest BCUT2D eigenvalue weighted by Crippen LogP contribution is -2.46. The number of benzene rings is 1. The molecule has 3 aliphatic rings. The molecule has 0 radical (unpaired) electrons. The number of hydrogen-bond donors (Lipinski definition) is 2. The van der Waals surface area contributed by atoms with Gasteiger partial charge in [0.2, 0.25) is 0 Å². The van der Waals surface area contributed by atoms with Crippen LogP contribution in [0.4, 0.5) is 33.6 Å². The number of anilines is 2. The number of alkyl halides is 4. The molecule has 232 valence electrons. The van der Waals surface area contributed by atoms with Gasteiger partial charge >= 0.3 is 12.2 Å². The number of piperidine rings is 1. The lowest BCUT2D eigenvalue weighted by molar-refractivity contribution is -0.137. The van der Waals surface area contributed by atoms with Crippen LogP contribution in [0.15, 0.2) is 12.1 Å². The maximum absolute atomic E-state index is 16.5. The lowest BCUT2D eigenvalue weighted by Gasteiger charge is -2.38. The van der Waals surface area contributed by atoms with Crippen LogP contribution in [-0.4, -0.2) is 75.1 Å². The second kappa shape index (κ2) is 10.6. The van der Waals surface area contributed by atoms with Crippen molar-refractivity contribution in [2.45, 2.75) is 69.4 Å². The number of aryl methyl sites for hydroxylation is 1. The summed E-state index contributed by atoms with van der Waals surface area (Å²) in [6, 6.07) is 2.15. The van der Waals surface area contributed by atoms with Crippen molar-refractivity contribution in [2.75, 3.05) is 43.4 Å². The number of nitrogens with zero attached hydrogens (tertiary/aromatic N) is 5. The summed E-state index contributed by atoms with van der Waals surface area (Å²) in [7, 11) is 0. The molecular weight excluding hydrogens is 595 g/mol. The van der Waals surface area contributed by atoms with E-state index in [1.807, 2.05) is 4.90 Å². The largest absolute Gasteiger partial charge is 0.461 e. The van der Waals surface area contributed by atoms with E-state index < -0.39 is 46.1 Å². The highest BCUT2D eigenvalue weighted by Gasteiger charge is 2.49. The fourth-order valence-corrected chi connectivity index (χ4v) is 7.25. The number of nitrogens with two attached hydrogens (primary N) is 1. The van der Waals surface area contributed by atoms with Crippen molar-refractivity contribution in [3.05, 3.63) is 34.1 Å². The molecule has 3 aromatic rings. The van der Waals surface area contributed by atoms with Crippen molar-refractivity contribution in [3.63, 3.8) is 0 Å². The van der Waals surface area contributed by atoms with Crippen LogP contribution in [0.25, 0.3) is 22.2 Å². The first-order valence-corrected chi connectivity index (χ1v) is 14.6.